The van der Waals surface area contributed by atoms with E-state index in [1.807, 2.05) is 24.3 Å². The number of aromatic nitrogens is 2. The zero-order valence-corrected chi connectivity index (χ0v) is 10.5. The van der Waals surface area contributed by atoms with Gasteiger partial charge in [0.1, 0.15) is 5.82 Å². The molecule has 3 N–H and O–H groups in total. The van der Waals surface area contributed by atoms with Crippen molar-refractivity contribution >= 4 is 22.7 Å². The molecule has 0 aliphatic carbocycles. The van der Waals surface area contributed by atoms with Gasteiger partial charge in [-0.15, -0.1) is 0 Å². The molecule has 1 aromatic carbocycles. The van der Waals surface area contributed by atoms with Gasteiger partial charge in [-0.05, 0) is 17.5 Å². The van der Waals surface area contributed by atoms with E-state index in [4.69, 9.17) is 5.73 Å². The smallest absolute Gasteiger partial charge is 0.222 e. The molecule has 2 rings (SSSR count). The van der Waals surface area contributed by atoms with Crippen LogP contribution in [0.4, 0.5) is 11.8 Å². The van der Waals surface area contributed by atoms with Gasteiger partial charge >= 0.3 is 0 Å². The summed E-state index contributed by atoms with van der Waals surface area (Å²) in [6.45, 7) is 7.36. The van der Waals surface area contributed by atoms with Gasteiger partial charge in [-0.1, -0.05) is 32.9 Å². The number of hydrogen-bond donors (Lipinski definition) is 2. The summed E-state index contributed by atoms with van der Waals surface area (Å²) >= 11 is 0. The minimum Gasteiger partial charge on any atom is -0.369 e. The molecule has 0 saturated carbocycles. The average Bonchev–Trinajstić information content (AvgIpc) is 2.24. The SMILES string of the molecule is CC(C)(C)CNc1nc(N)nc2ccccc12. The van der Waals surface area contributed by atoms with Gasteiger partial charge in [-0.25, -0.2) is 4.98 Å². The van der Waals surface area contributed by atoms with Crippen LogP contribution in [0.15, 0.2) is 24.3 Å². The van der Waals surface area contributed by atoms with Crippen molar-refractivity contribution in [2.45, 2.75) is 20.8 Å². The van der Waals surface area contributed by atoms with Gasteiger partial charge < -0.3 is 11.1 Å². The van der Waals surface area contributed by atoms with Crippen molar-refractivity contribution in [2.24, 2.45) is 5.41 Å². The molecule has 0 aliphatic rings. The third-order valence-corrected chi connectivity index (χ3v) is 2.41. The van der Waals surface area contributed by atoms with Gasteiger partial charge in [-0.3, -0.25) is 0 Å². The first-order chi connectivity index (χ1) is 7.96. The first-order valence-corrected chi connectivity index (χ1v) is 5.72. The van der Waals surface area contributed by atoms with Crippen LogP contribution in [0.25, 0.3) is 10.9 Å². The van der Waals surface area contributed by atoms with Crippen molar-refractivity contribution < 1.29 is 0 Å². The Morgan fingerprint density at radius 3 is 2.59 bits per heavy atom. The molecule has 1 heterocycles. The van der Waals surface area contributed by atoms with Crippen molar-refractivity contribution in [1.82, 2.24) is 9.97 Å². The fourth-order valence-electron chi connectivity index (χ4n) is 1.58. The zero-order valence-electron chi connectivity index (χ0n) is 10.5. The maximum atomic E-state index is 5.70. The normalized spacial score (nSPS) is 11.7. The number of anilines is 2. The van der Waals surface area contributed by atoms with Crippen LogP contribution in [0.1, 0.15) is 20.8 Å². The van der Waals surface area contributed by atoms with E-state index in [1.54, 1.807) is 0 Å². The van der Waals surface area contributed by atoms with E-state index < -0.39 is 0 Å². The number of nitrogens with one attached hydrogen (secondary N) is 1. The number of nitrogens with zero attached hydrogens (tertiary/aromatic N) is 2. The highest BCUT2D eigenvalue weighted by molar-refractivity contribution is 5.89. The monoisotopic (exact) mass is 230 g/mol. The molecular weight excluding hydrogens is 212 g/mol. The quantitative estimate of drug-likeness (QED) is 0.832. The van der Waals surface area contributed by atoms with Gasteiger partial charge in [0.2, 0.25) is 5.95 Å². The lowest BCUT2D eigenvalue weighted by molar-refractivity contribution is 0.442. The Morgan fingerprint density at radius 2 is 1.88 bits per heavy atom. The summed E-state index contributed by atoms with van der Waals surface area (Å²) < 4.78 is 0. The maximum Gasteiger partial charge on any atom is 0.222 e. The number of benzene rings is 1. The number of nitrogen functional groups attached to an aromatic ring is 1. The van der Waals surface area contributed by atoms with Gasteiger partial charge in [0.25, 0.3) is 0 Å². The molecular formula is C13H18N4. The van der Waals surface area contributed by atoms with Crippen molar-refractivity contribution in [2.75, 3.05) is 17.6 Å². The minimum absolute atomic E-state index is 0.195. The zero-order chi connectivity index (χ0) is 12.5. The summed E-state index contributed by atoms with van der Waals surface area (Å²) in [6.07, 6.45) is 0. The third kappa shape index (κ3) is 2.84. The fourth-order valence-corrected chi connectivity index (χ4v) is 1.58. The highest BCUT2D eigenvalue weighted by atomic mass is 15.1. The van der Waals surface area contributed by atoms with Crippen LogP contribution in [-0.2, 0) is 0 Å². The predicted octanol–water partition coefficient (Wildman–Crippen LogP) is 2.67. The van der Waals surface area contributed by atoms with Crippen molar-refractivity contribution in [3.63, 3.8) is 0 Å². The molecule has 4 heteroatoms. The molecule has 17 heavy (non-hydrogen) atoms. The van der Waals surface area contributed by atoms with Crippen LogP contribution in [0.2, 0.25) is 0 Å². The topological polar surface area (TPSA) is 63.8 Å². The van der Waals surface area contributed by atoms with Crippen molar-refractivity contribution in [1.29, 1.82) is 0 Å². The van der Waals surface area contributed by atoms with Crippen LogP contribution >= 0.6 is 0 Å². The van der Waals surface area contributed by atoms with E-state index >= 15 is 0 Å². The number of fused-ring (bicyclic) bond motifs is 1. The Hall–Kier alpha value is -1.84. The number of hydrogen-bond acceptors (Lipinski definition) is 4. The van der Waals surface area contributed by atoms with E-state index in [1.165, 1.54) is 0 Å². The maximum absolute atomic E-state index is 5.70. The Balaban J connectivity index is 2.39. The predicted molar refractivity (Wildman–Crippen MR) is 71.9 cm³/mol. The van der Waals surface area contributed by atoms with Crippen LogP contribution in [-0.4, -0.2) is 16.5 Å². The van der Waals surface area contributed by atoms with Gasteiger partial charge in [-0.2, -0.15) is 4.98 Å². The van der Waals surface area contributed by atoms with E-state index in [0.717, 1.165) is 23.3 Å². The fraction of sp³-hybridized carbons (Fsp3) is 0.385. The van der Waals surface area contributed by atoms with Gasteiger partial charge in [0.15, 0.2) is 0 Å². The lowest BCUT2D eigenvalue weighted by Crippen LogP contribution is -2.20. The van der Waals surface area contributed by atoms with E-state index in [-0.39, 0.29) is 5.41 Å². The molecule has 0 saturated heterocycles. The first kappa shape index (κ1) is 11.6. The largest absolute Gasteiger partial charge is 0.369 e. The van der Waals surface area contributed by atoms with Crippen LogP contribution in [0, 0.1) is 5.41 Å². The summed E-state index contributed by atoms with van der Waals surface area (Å²) in [5.41, 5.74) is 6.77. The van der Waals surface area contributed by atoms with Crippen molar-refractivity contribution in [3.05, 3.63) is 24.3 Å². The van der Waals surface area contributed by atoms with Crippen LogP contribution in [0.5, 0.6) is 0 Å². The van der Waals surface area contributed by atoms with E-state index in [0.29, 0.717) is 5.95 Å². The second-order valence-corrected chi connectivity index (χ2v) is 5.36. The lowest BCUT2D eigenvalue weighted by Gasteiger charge is -2.19. The summed E-state index contributed by atoms with van der Waals surface area (Å²) in [5.74, 6) is 1.11. The van der Waals surface area contributed by atoms with E-state index in [2.05, 4.69) is 36.1 Å². The van der Waals surface area contributed by atoms with Crippen molar-refractivity contribution in [3.8, 4) is 0 Å². The second-order valence-electron chi connectivity index (χ2n) is 5.36. The Bertz CT molecular complexity index is 528. The molecule has 0 unspecified atom stereocenters. The molecule has 0 fully saturated rings. The molecule has 90 valence electrons. The lowest BCUT2D eigenvalue weighted by atomic mass is 9.97. The number of para-hydroxylation sites is 1. The first-order valence-electron chi connectivity index (χ1n) is 5.72. The molecule has 0 spiro atoms. The van der Waals surface area contributed by atoms with Crippen LogP contribution in [0.3, 0.4) is 0 Å². The molecule has 0 aliphatic heterocycles. The molecule has 0 amide bonds. The standard InChI is InChI=1S/C13H18N4/c1-13(2,3)8-15-11-9-6-4-5-7-10(9)16-12(14)17-11/h4-7H,8H2,1-3H3,(H3,14,15,16,17). The summed E-state index contributed by atoms with van der Waals surface area (Å²) in [4.78, 5) is 8.47. The summed E-state index contributed by atoms with van der Waals surface area (Å²) in [6, 6.07) is 7.86. The van der Waals surface area contributed by atoms with Gasteiger partial charge in [0.05, 0.1) is 5.52 Å². The highest BCUT2D eigenvalue weighted by Crippen LogP contribution is 2.22. The Kier molecular flexibility index (Phi) is 2.88. The highest BCUT2D eigenvalue weighted by Gasteiger charge is 2.12. The minimum atomic E-state index is 0.195. The average molecular weight is 230 g/mol. The Labute approximate surface area is 101 Å². The molecule has 0 bridgehead atoms. The third-order valence-electron chi connectivity index (χ3n) is 2.41. The summed E-state index contributed by atoms with van der Waals surface area (Å²) in [5, 5.41) is 4.34. The molecule has 0 radical (unpaired) electrons. The van der Waals surface area contributed by atoms with Gasteiger partial charge in [0, 0.05) is 11.9 Å². The number of rotatable bonds is 2. The van der Waals surface area contributed by atoms with E-state index in [9.17, 15) is 0 Å². The molecule has 2 aromatic rings. The molecule has 1 aromatic heterocycles. The molecule has 0 atom stereocenters. The Morgan fingerprint density at radius 1 is 1.18 bits per heavy atom. The van der Waals surface area contributed by atoms with Crippen LogP contribution < -0.4 is 11.1 Å². The molecule has 4 nitrogen and oxygen atoms in total. The summed E-state index contributed by atoms with van der Waals surface area (Å²) in [7, 11) is 0. The second kappa shape index (κ2) is 4.20. The number of nitrogens with two attached hydrogens (primary N) is 1.